The first-order chi connectivity index (χ1) is 13.5. The summed E-state index contributed by atoms with van der Waals surface area (Å²) in [7, 11) is 1.42. The van der Waals surface area contributed by atoms with E-state index in [9.17, 15) is 4.79 Å². The third-order valence-corrected chi connectivity index (χ3v) is 4.69. The SMILES string of the molecule is [2H]C([2H])([2H])c1cnc(CN2CC(CC(N)=O)c3c(Cl)nc(N)nc32)c(C)c1OC. The molecule has 0 spiro atoms. The maximum atomic E-state index is 11.5. The summed E-state index contributed by atoms with van der Waals surface area (Å²) >= 11 is 6.26. The molecule has 1 atom stereocenters. The van der Waals surface area contributed by atoms with Crippen molar-refractivity contribution in [2.45, 2.75) is 32.7 Å². The van der Waals surface area contributed by atoms with Crippen molar-refractivity contribution in [1.29, 1.82) is 0 Å². The number of hydrogen-bond acceptors (Lipinski definition) is 7. The van der Waals surface area contributed by atoms with Crippen LogP contribution in [-0.2, 0) is 11.3 Å². The minimum atomic E-state index is -2.34. The lowest BCUT2D eigenvalue weighted by Crippen LogP contribution is -2.25. The molecule has 1 aliphatic rings. The predicted molar refractivity (Wildman–Crippen MR) is 99.3 cm³/mol. The van der Waals surface area contributed by atoms with E-state index in [1.165, 1.54) is 13.3 Å². The van der Waals surface area contributed by atoms with E-state index in [0.29, 0.717) is 35.7 Å². The number of halogens is 1. The number of methoxy groups -OCH3 is 1. The Morgan fingerprint density at radius 3 is 2.96 bits per heavy atom. The van der Waals surface area contributed by atoms with Crippen LogP contribution in [0.2, 0.25) is 5.15 Å². The second-order valence-electron chi connectivity index (χ2n) is 6.13. The summed E-state index contributed by atoms with van der Waals surface area (Å²) in [6.07, 6.45) is 1.39. The molecule has 3 rings (SSSR count). The molecule has 2 aromatic heterocycles. The minimum absolute atomic E-state index is 0.0125. The van der Waals surface area contributed by atoms with Gasteiger partial charge in [0.05, 0.1) is 19.3 Å². The van der Waals surface area contributed by atoms with Crippen LogP contribution in [-0.4, -0.2) is 34.5 Å². The van der Waals surface area contributed by atoms with Crippen molar-refractivity contribution in [3.8, 4) is 5.75 Å². The lowest BCUT2D eigenvalue weighted by atomic mass is 10.0. The first kappa shape index (κ1) is 14.5. The van der Waals surface area contributed by atoms with Crippen LogP contribution >= 0.6 is 11.6 Å². The average Bonchev–Trinajstić information content (AvgIpc) is 2.92. The zero-order valence-corrected chi connectivity index (χ0v) is 15.2. The third kappa shape index (κ3) is 3.24. The zero-order valence-electron chi connectivity index (χ0n) is 17.4. The lowest BCUT2D eigenvalue weighted by Gasteiger charge is -2.21. The number of primary amides is 1. The van der Waals surface area contributed by atoms with Gasteiger partial charge in [-0.1, -0.05) is 11.6 Å². The van der Waals surface area contributed by atoms with Crippen molar-refractivity contribution in [2.24, 2.45) is 5.73 Å². The van der Waals surface area contributed by atoms with Gasteiger partial charge >= 0.3 is 0 Å². The Balaban J connectivity index is 2.01. The molecular weight excluding hydrogens is 356 g/mol. The smallest absolute Gasteiger partial charge is 0.223 e. The van der Waals surface area contributed by atoms with Crippen LogP contribution in [0, 0.1) is 13.8 Å². The second kappa shape index (κ2) is 6.95. The molecule has 0 bridgehead atoms. The number of aromatic nitrogens is 3. The van der Waals surface area contributed by atoms with Gasteiger partial charge in [-0.25, -0.2) is 4.98 Å². The summed E-state index contributed by atoms with van der Waals surface area (Å²) in [5.74, 6) is 0.0452. The van der Waals surface area contributed by atoms with E-state index in [2.05, 4.69) is 15.0 Å². The maximum Gasteiger partial charge on any atom is 0.223 e. The molecule has 9 heteroatoms. The van der Waals surface area contributed by atoms with Crippen LogP contribution in [0.25, 0.3) is 0 Å². The quantitative estimate of drug-likeness (QED) is 0.758. The van der Waals surface area contributed by atoms with E-state index in [-0.39, 0.29) is 34.8 Å². The maximum absolute atomic E-state index is 11.5. The number of carbonyl (C=O) groups is 1. The number of pyridine rings is 1. The van der Waals surface area contributed by atoms with Crippen molar-refractivity contribution in [3.63, 3.8) is 0 Å². The number of fused-ring (bicyclic) bond motifs is 1. The number of rotatable bonds is 5. The Bertz CT molecular complexity index is 969. The highest BCUT2D eigenvalue weighted by Crippen LogP contribution is 2.41. The van der Waals surface area contributed by atoms with Crippen molar-refractivity contribution < 1.29 is 13.6 Å². The molecule has 1 aliphatic heterocycles. The van der Waals surface area contributed by atoms with Gasteiger partial charge in [0, 0.05) is 45.9 Å². The highest BCUT2D eigenvalue weighted by molar-refractivity contribution is 6.30. The fourth-order valence-electron chi connectivity index (χ4n) is 3.27. The first-order valence-corrected chi connectivity index (χ1v) is 8.29. The van der Waals surface area contributed by atoms with Crippen LogP contribution in [0.1, 0.15) is 38.8 Å². The fraction of sp³-hybridized carbons (Fsp3) is 0.412. The molecule has 0 radical (unpaired) electrons. The first-order valence-electron chi connectivity index (χ1n) is 9.42. The Morgan fingerprint density at radius 1 is 1.54 bits per heavy atom. The molecule has 138 valence electrons. The van der Waals surface area contributed by atoms with E-state index >= 15 is 0 Å². The summed E-state index contributed by atoms with van der Waals surface area (Å²) in [5, 5.41) is 0.182. The van der Waals surface area contributed by atoms with Gasteiger partial charge in [-0.15, -0.1) is 0 Å². The van der Waals surface area contributed by atoms with Crippen LogP contribution in [0.3, 0.4) is 0 Å². The molecule has 2 aromatic rings. The van der Waals surface area contributed by atoms with E-state index in [1.807, 2.05) is 4.90 Å². The number of aryl methyl sites for hydroxylation is 1. The van der Waals surface area contributed by atoms with Crippen LogP contribution < -0.4 is 21.1 Å². The van der Waals surface area contributed by atoms with Gasteiger partial charge in [0.2, 0.25) is 11.9 Å². The van der Waals surface area contributed by atoms with Crippen LogP contribution in [0.4, 0.5) is 11.8 Å². The van der Waals surface area contributed by atoms with Gasteiger partial charge in [-0.2, -0.15) is 4.98 Å². The Labute approximate surface area is 160 Å². The Hall–Kier alpha value is -2.61. The van der Waals surface area contributed by atoms with Gasteiger partial charge in [0.25, 0.3) is 0 Å². The molecule has 0 saturated carbocycles. The minimum Gasteiger partial charge on any atom is -0.496 e. The summed E-state index contributed by atoms with van der Waals surface area (Å²) in [6, 6.07) is 0. The van der Waals surface area contributed by atoms with Gasteiger partial charge in [-0.3, -0.25) is 9.78 Å². The molecule has 1 unspecified atom stereocenters. The monoisotopic (exact) mass is 379 g/mol. The normalized spacial score (nSPS) is 18.0. The van der Waals surface area contributed by atoms with Crippen LogP contribution in [0.15, 0.2) is 6.20 Å². The molecule has 0 fully saturated rings. The Morgan fingerprint density at radius 2 is 2.31 bits per heavy atom. The van der Waals surface area contributed by atoms with Crippen molar-refractivity contribution in [3.05, 3.63) is 33.7 Å². The van der Waals surface area contributed by atoms with E-state index in [0.717, 1.165) is 0 Å². The van der Waals surface area contributed by atoms with E-state index in [1.54, 1.807) is 6.92 Å². The summed E-state index contributed by atoms with van der Waals surface area (Å²) in [5.41, 5.74) is 13.0. The standard InChI is InChI=1S/C17H21ClN6O2/c1-8-5-21-11(9(2)14(8)26-3)7-24-6-10(4-12(19)25)13-15(18)22-17(20)23-16(13)24/h5,10H,4,6-7H2,1-3H3,(H2,19,25)(H2,20,22,23)/i1D3. The van der Waals surface area contributed by atoms with Crippen molar-refractivity contribution in [2.75, 3.05) is 24.3 Å². The number of anilines is 2. The number of nitrogens with two attached hydrogens (primary N) is 2. The topological polar surface area (TPSA) is 120 Å². The lowest BCUT2D eigenvalue weighted by molar-refractivity contribution is -0.118. The summed E-state index contributed by atoms with van der Waals surface area (Å²) in [4.78, 5) is 26.0. The number of hydrogen-bond donors (Lipinski definition) is 2. The van der Waals surface area contributed by atoms with Crippen molar-refractivity contribution in [1.82, 2.24) is 15.0 Å². The number of nitrogens with zero attached hydrogens (tertiary/aromatic N) is 4. The molecule has 3 heterocycles. The predicted octanol–water partition coefficient (Wildman–Crippen LogP) is 1.71. The Kier molecular flexibility index (Phi) is 3.89. The number of amides is 1. The highest BCUT2D eigenvalue weighted by atomic mass is 35.5. The largest absolute Gasteiger partial charge is 0.496 e. The van der Waals surface area contributed by atoms with E-state index < -0.39 is 12.8 Å². The number of nitrogen functional groups attached to an aromatic ring is 1. The highest BCUT2D eigenvalue weighted by Gasteiger charge is 2.35. The van der Waals surface area contributed by atoms with Gasteiger partial charge in [-0.05, 0) is 13.8 Å². The second-order valence-corrected chi connectivity index (χ2v) is 6.49. The third-order valence-electron chi connectivity index (χ3n) is 4.40. The summed E-state index contributed by atoms with van der Waals surface area (Å²) < 4.78 is 28.3. The molecule has 0 aromatic carbocycles. The molecular formula is C17H21ClN6O2. The van der Waals surface area contributed by atoms with E-state index in [4.69, 9.17) is 31.9 Å². The van der Waals surface area contributed by atoms with Gasteiger partial charge in [0.1, 0.15) is 16.7 Å². The fourth-order valence-corrected chi connectivity index (χ4v) is 3.59. The number of carbonyl (C=O) groups excluding carboxylic acids is 1. The molecule has 26 heavy (non-hydrogen) atoms. The van der Waals surface area contributed by atoms with Crippen LogP contribution in [0.5, 0.6) is 5.75 Å². The summed E-state index contributed by atoms with van der Waals surface area (Å²) in [6.45, 7) is 0.109. The van der Waals surface area contributed by atoms with Gasteiger partial charge in [0.15, 0.2) is 0 Å². The molecule has 0 aliphatic carbocycles. The molecule has 8 nitrogen and oxygen atoms in total. The van der Waals surface area contributed by atoms with Gasteiger partial charge < -0.3 is 21.1 Å². The zero-order chi connectivity index (χ0) is 21.5. The van der Waals surface area contributed by atoms with Crippen molar-refractivity contribution >= 4 is 29.3 Å². The molecule has 4 N–H and O–H groups in total. The number of ether oxygens (including phenoxy) is 1. The average molecular weight is 380 g/mol. The molecule has 1 amide bonds. The molecule has 0 saturated heterocycles.